The van der Waals surface area contributed by atoms with Crippen LogP contribution in [0.1, 0.15) is 25.0 Å². The van der Waals surface area contributed by atoms with Gasteiger partial charge in [-0.1, -0.05) is 127 Å². The van der Waals surface area contributed by atoms with Crippen molar-refractivity contribution in [3.05, 3.63) is 192 Å². The van der Waals surface area contributed by atoms with Gasteiger partial charge in [0.05, 0.1) is 22.1 Å². The van der Waals surface area contributed by atoms with Crippen LogP contribution in [-0.4, -0.2) is 9.13 Å². The number of hydrogen-bond acceptors (Lipinski definition) is 0. The molecule has 0 spiro atoms. The SMILES string of the molecule is CC1(C)c2ccccc2-c2ccc(-n3c4ccccc4c4cc(-c5cc(Br)cc(-c6ccc7c(c6)c6ccccc6n7-c6ccccc6)c5)ccc43)cc21. The average Bonchev–Trinajstić information content (AvgIpc) is 3.80. The molecule has 0 fully saturated rings. The van der Waals surface area contributed by atoms with Crippen molar-refractivity contribution in [2.75, 3.05) is 0 Å². The lowest BCUT2D eigenvalue weighted by Gasteiger charge is -2.22. The second-order valence-electron chi connectivity index (χ2n) is 15.1. The second kappa shape index (κ2) is 11.7. The number of hydrogen-bond donors (Lipinski definition) is 0. The standard InChI is InChI=1S/C51H35BrN2/c1-51(2)45-17-9-6-14-39(45)40-23-22-38(31-46(40)51)54-48-19-11-8-16-42(48)44-30-33(21-25-50(44)54)35-26-34(27-36(52)28-35)32-20-24-49-43(29-32)41-15-7-10-18-47(41)53(49)37-12-4-3-5-13-37/h3-31H,1-2H3. The van der Waals surface area contributed by atoms with Crippen LogP contribution in [0.4, 0.5) is 0 Å². The molecular formula is C51H35BrN2. The molecule has 10 aromatic rings. The largest absolute Gasteiger partial charge is 0.309 e. The van der Waals surface area contributed by atoms with Crippen molar-refractivity contribution < 1.29 is 0 Å². The van der Waals surface area contributed by atoms with E-state index < -0.39 is 0 Å². The Morgan fingerprint density at radius 1 is 0.370 bits per heavy atom. The Bertz CT molecular complexity index is 3140. The number of fused-ring (bicyclic) bond motifs is 9. The summed E-state index contributed by atoms with van der Waals surface area (Å²) in [5.74, 6) is 0. The molecule has 0 unspecified atom stereocenters. The van der Waals surface area contributed by atoms with Gasteiger partial charge in [0.2, 0.25) is 0 Å². The first kappa shape index (κ1) is 31.4. The molecule has 2 heterocycles. The summed E-state index contributed by atoms with van der Waals surface area (Å²) in [5, 5.41) is 5.02. The van der Waals surface area contributed by atoms with Gasteiger partial charge in [-0.3, -0.25) is 0 Å². The lowest BCUT2D eigenvalue weighted by Crippen LogP contribution is -2.15. The highest BCUT2D eigenvalue weighted by Gasteiger charge is 2.35. The minimum atomic E-state index is -0.0598. The summed E-state index contributed by atoms with van der Waals surface area (Å²) >= 11 is 3.89. The summed E-state index contributed by atoms with van der Waals surface area (Å²) in [6.07, 6.45) is 0. The summed E-state index contributed by atoms with van der Waals surface area (Å²) in [6, 6.07) is 64.8. The first-order valence-electron chi connectivity index (χ1n) is 18.6. The number of rotatable bonds is 4. The van der Waals surface area contributed by atoms with Crippen LogP contribution in [0.15, 0.2) is 180 Å². The van der Waals surface area contributed by atoms with E-state index in [1.807, 2.05) is 0 Å². The monoisotopic (exact) mass is 754 g/mol. The fourth-order valence-corrected chi connectivity index (χ4v) is 9.69. The molecule has 0 N–H and O–H groups in total. The summed E-state index contributed by atoms with van der Waals surface area (Å²) in [6.45, 7) is 4.71. The zero-order chi connectivity index (χ0) is 36.1. The minimum Gasteiger partial charge on any atom is -0.309 e. The molecule has 11 rings (SSSR count). The molecule has 3 heteroatoms. The van der Waals surface area contributed by atoms with Gasteiger partial charge in [-0.25, -0.2) is 0 Å². The summed E-state index contributed by atoms with van der Waals surface area (Å²) in [7, 11) is 0. The van der Waals surface area contributed by atoms with Gasteiger partial charge in [0.25, 0.3) is 0 Å². The van der Waals surface area contributed by atoms with Gasteiger partial charge in [0.1, 0.15) is 0 Å². The van der Waals surface area contributed by atoms with Gasteiger partial charge in [-0.2, -0.15) is 0 Å². The Kier molecular flexibility index (Phi) is 6.78. The Morgan fingerprint density at radius 2 is 0.889 bits per heavy atom. The van der Waals surface area contributed by atoms with Gasteiger partial charge < -0.3 is 9.13 Å². The van der Waals surface area contributed by atoms with Gasteiger partial charge in [-0.15, -0.1) is 0 Å². The van der Waals surface area contributed by atoms with Crippen molar-refractivity contribution in [2.24, 2.45) is 0 Å². The Balaban J connectivity index is 1.04. The topological polar surface area (TPSA) is 9.86 Å². The Morgan fingerprint density at radius 3 is 1.54 bits per heavy atom. The molecule has 256 valence electrons. The molecule has 0 saturated carbocycles. The molecule has 1 aliphatic rings. The molecule has 0 radical (unpaired) electrons. The van der Waals surface area contributed by atoms with Crippen molar-refractivity contribution in [3.63, 3.8) is 0 Å². The maximum atomic E-state index is 3.89. The summed E-state index contributed by atoms with van der Waals surface area (Å²) in [5.41, 5.74) is 17.4. The molecule has 1 aliphatic carbocycles. The highest BCUT2D eigenvalue weighted by atomic mass is 79.9. The second-order valence-corrected chi connectivity index (χ2v) is 16.0. The molecule has 8 aromatic carbocycles. The van der Waals surface area contributed by atoms with E-state index in [-0.39, 0.29) is 5.41 Å². The minimum absolute atomic E-state index is 0.0598. The fourth-order valence-electron chi connectivity index (χ4n) is 9.19. The van der Waals surface area contributed by atoms with Crippen LogP contribution in [0.25, 0.3) is 88.4 Å². The Hall–Kier alpha value is -6.16. The molecule has 0 aliphatic heterocycles. The molecule has 54 heavy (non-hydrogen) atoms. The van der Waals surface area contributed by atoms with Crippen LogP contribution in [0.3, 0.4) is 0 Å². The fraction of sp³-hybridized carbons (Fsp3) is 0.0588. The third-order valence-corrected chi connectivity index (χ3v) is 12.2. The van der Waals surface area contributed by atoms with Gasteiger partial charge >= 0.3 is 0 Å². The highest BCUT2D eigenvalue weighted by molar-refractivity contribution is 9.10. The first-order chi connectivity index (χ1) is 26.4. The number of nitrogens with zero attached hydrogens (tertiary/aromatic N) is 2. The van der Waals surface area contributed by atoms with Crippen molar-refractivity contribution >= 4 is 59.5 Å². The zero-order valence-corrected chi connectivity index (χ0v) is 31.6. The quantitative estimate of drug-likeness (QED) is 0.169. The van der Waals surface area contributed by atoms with E-state index in [9.17, 15) is 0 Å². The van der Waals surface area contributed by atoms with Crippen LogP contribution >= 0.6 is 15.9 Å². The molecular weight excluding hydrogens is 720 g/mol. The molecule has 0 bridgehead atoms. The number of para-hydroxylation sites is 3. The van der Waals surface area contributed by atoms with E-state index in [0.29, 0.717) is 0 Å². The number of aromatic nitrogens is 2. The summed E-state index contributed by atoms with van der Waals surface area (Å²) in [4.78, 5) is 0. The van der Waals surface area contributed by atoms with Gasteiger partial charge in [-0.05, 0) is 123 Å². The van der Waals surface area contributed by atoms with Crippen molar-refractivity contribution in [2.45, 2.75) is 19.3 Å². The smallest absolute Gasteiger partial charge is 0.0541 e. The lowest BCUT2D eigenvalue weighted by atomic mass is 9.82. The van der Waals surface area contributed by atoms with E-state index in [0.717, 1.165) is 4.47 Å². The van der Waals surface area contributed by atoms with Crippen molar-refractivity contribution in [1.82, 2.24) is 9.13 Å². The van der Waals surface area contributed by atoms with Gasteiger partial charge in [0.15, 0.2) is 0 Å². The highest BCUT2D eigenvalue weighted by Crippen LogP contribution is 2.49. The zero-order valence-electron chi connectivity index (χ0n) is 30.0. The van der Waals surface area contributed by atoms with E-state index in [2.05, 4.69) is 215 Å². The van der Waals surface area contributed by atoms with Crippen molar-refractivity contribution in [3.8, 4) is 44.8 Å². The Labute approximate surface area is 322 Å². The average molecular weight is 756 g/mol. The van der Waals surface area contributed by atoms with E-state index in [4.69, 9.17) is 0 Å². The normalized spacial score (nSPS) is 13.2. The third kappa shape index (κ3) is 4.58. The molecule has 0 atom stereocenters. The predicted octanol–water partition coefficient (Wildman–Crippen LogP) is 14.3. The van der Waals surface area contributed by atoms with Crippen LogP contribution in [0.5, 0.6) is 0 Å². The maximum absolute atomic E-state index is 3.89. The third-order valence-electron chi connectivity index (χ3n) is 11.7. The van der Waals surface area contributed by atoms with Gasteiger partial charge in [0, 0.05) is 42.8 Å². The first-order valence-corrected chi connectivity index (χ1v) is 19.4. The predicted molar refractivity (Wildman–Crippen MR) is 231 cm³/mol. The molecule has 0 amide bonds. The van der Waals surface area contributed by atoms with Crippen LogP contribution in [0.2, 0.25) is 0 Å². The molecule has 0 saturated heterocycles. The van der Waals surface area contributed by atoms with E-state index in [1.54, 1.807) is 0 Å². The molecule has 2 aromatic heterocycles. The molecule has 2 nitrogen and oxygen atoms in total. The maximum Gasteiger partial charge on any atom is 0.0541 e. The van der Waals surface area contributed by atoms with Crippen LogP contribution in [-0.2, 0) is 5.41 Å². The number of halogens is 1. The van der Waals surface area contributed by atoms with E-state index >= 15 is 0 Å². The summed E-state index contributed by atoms with van der Waals surface area (Å²) < 4.78 is 5.88. The van der Waals surface area contributed by atoms with E-state index in [1.165, 1.54) is 99.5 Å². The van der Waals surface area contributed by atoms with Crippen molar-refractivity contribution in [1.29, 1.82) is 0 Å². The lowest BCUT2D eigenvalue weighted by molar-refractivity contribution is 0.660. The van der Waals surface area contributed by atoms with Crippen LogP contribution < -0.4 is 0 Å². The van der Waals surface area contributed by atoms with Crippen LogP contribution in [0, 0.1) is 0 Å². The number of benzene rings is 8.